The molecule has 0 bridgehead atoms. The fourth-order valence-electron chi connectivity index (χ4n) is 3.23. The van der Waals surface area contributed by atoms with E-state index in [0.717, 1.165) is 42.5 Å². The quantitative estimate of drug-likeness (QED) is 0.724. The first kappa shape index (κ1) is 15.2. The molecule has 4 rings (SSSR count). The number of hydrogen-bond acceptors (Lipinski definition) is 2. The summed E-state index contributed by atoms with van der Waals surface area (Å²) in [4.78, 5) is 19.4. The van der Waals surface area contributed by atoms with E-state index in [4.69, 9.17) is 11.6 Å². The molecule has 2 heterocycles. The van der Waals surface area contributed by atoms with Crippen molar-refractivity contribution in [3.63, 3.8) is 0 Å². The van der Waals surface area contributed by atoms with Crippen LogP contribution < -0.4 is 0 Å². The van der Waals surface area contributed by atoms with Gasteiger partial charge in [0, 0.05) is 24.7 Å². The highest BCUT2D eigenvalue weighted by molar-refractivity contribution is 6.30. The second-order valence-electron chi connectivity index (χ2n) is 6.14. The van der Waals surface area contributed by atoms with Crippen LogP contribution in [0, 0.1) is 0 Å². The van der Waals surface area contributed by atoms with Crippen LogP contribution in [-0.2, 0) is 6.54 Å². The third-order valence-corrected chi connectivity index (χ3v) is 4.75. The Balaban J connectivity index is 1.77. The summed E-state index contributed by atoms with van der Waals surface area (Å²) in [5, 5.41) is 0.711. The van der Waals surface area contributed by atoms with Crippen molar-refractivity contribution in [2.24, 2.45) is 0 Å². The topological polar surface area (TPSA) is 38.1 Å². The predicted octanol–water partition coefficient (Wildman–Crippen LogP) is 3.97. The molecule has 24 heavy (non-hydrogen) atoms. The Kier molecular flexibility index (Phi) is 3.98. The van der Waals surface area contributed by atoms with E-state index in [1.54, 1.807) is 0 Å². The van der Waals surface area contributed by atoms with Gasteiger partial charge in [0.1, 0.15) is 0 Å². The minimum atomic E-state index is 0.0256. The van der Waals surface area contributed by atoms with Gasteiger partial charge in [0.25, 0.3) is 5.91 Å². The normalized spacial score (nSPS) is 14.5. The van der Waals surface area contributed by atoms with E-state index >= 15 is 0 Å². The van der Waals surface area contributed by atoms with Crippen molar-refractivity contribution in [2.45, 2.75) is 19.4 Å². The number of amides is 1. The van der Waals surface area contributed by atoms with Gasteiger partial charge in [-0.05, 0) is 42.7 Å². The number of imidazole rings is 1. The van der Waals surface area contributed by atoms with E-state index in [0.29, 0.717) is 17.4 Å². The molecule has 4 nitrogen and oxygen atoms in total. The molecule has 1 aliphatic rings. The average molecular weight is 340 g/mol. The highest BCUT2D eigenvalue weighted by Gasteiger charge is 2.25. The van der Waals surface area contributed by atoms with Crippen molar-refractivity contribution in [3.8, 4) is 0 Å². The molecule has 2 aromatic carbocycles. The molecule has 0 atom stereocenters. The minimum absolute atomic E-state index is 0.0256. The Labute approximate surface area is 145 Å². The highest BCUT2D eigenvalue weighted by atomic mass is 35.5. The second kappa shape index (κ2) is 6.29. The summed E-state index contributed by atoms with van der Waals surface area (Å²) in [7, 11) is 0. The molecule has 0 spiro atoms. The van der Waals surface area contributed by atoms with Crippen LogP contribution in [0.25, 0.3) is 11.0 Å². The number of likely N-dealkylation sites (tertiary alicyclic amines) is 1. The van der Waals surface area contributed by atoms with Crippen LogP contribution in [0.3, 0.4) is 0 Å². The van der Waals surface area contributed by atoms with Gasteiger partial charge in [0.15, 0.2) is 0 Å². The van der Waals surface area contributed by atoms with Gasteiger partial charge < -0.3 is 9.47 Å². The summed E-state index contributed by atoms with van der Waals surface area (Å²) < 4.78 is 2.01. The third-order valence-electron chi connectivity index (χ3n) is 4.49. The molecule has 5 heteroatoms. The number of hydrogen-bond donors (Lipinski definition) is 0. The summed E-state index contributed by atoms with van der Waals surface area (Å²) in [5.74, 6) is 0.547. The maximum absolute atomic E-state index is 12.9. The standard InChI is InChI=1S/C19H18ClN3O/c20-15-9-7-14(8-10-15)13-23-17-6-2-1-5-16(17)21-18(23)19(24)22-11-3-4-12-22/h1-2,5-10H,3-4,11-13H2. The molecule has 1 aliphatic heterocycles. The van der Waals surface area contributed by atoms with Gasteiger partial charge in [-0.1, -0.05) is 35.9 Å². The third kappa shape index (κ3) is 2.78. The second-order valence-corrected chi connectivity index (χ2v) is 6.57. The summed E-state index contributed by atoms with van der Waals surface area (Å²) in [5.41, 5.74) is 2.93. The molecule has 1 fully saturated rings. The first-order chi connectivity index (χ1) is 11.7. The summed E-state index contributed by atoms with van der Waals surface area (Å²) in [6.07, 6.45) is 2.15. The zero-order valence-corrected chi connectivity index (χ0v) is 14.0. The van der Waals surface area contributed by atoms with Crippen LogP contribution in [0.4, 0.5) is 0 Å². The van der Waals surface area contributed by atoms with Crippen LogP contribution in [0.5, 0.6) is 0 Å². The van der Waals surface area contributed by atoms with Crippen molar-refractivity contribution in [3.05, 3.63) is 64.9 Å². The Morgan fingerprint density at radius 3 is 2.50 bits per heavy atom. The SMILES string of the molecule is O=C(c1nc2ccccc2n1Cc1ccc(Cl)cc1)N1CCCC1. The lowest BCUT2D eigenvalue weighted by atomic mass is 10.2. The van der Waals surface area contributed by atoms with E-state index in [-0.39, 0.29) is 5.91 Å². The van der Waals surface area contributed by atoms with E-state index in [9.17, 15) is 4.79 Å². The first-order valence-corrected chi connectivity index (χ1v) is 8.59. The maximum atomic E-state index is 12.9. The Bertz CT molecular complexity index is 879. The Morgan fingerprint density at radius 1 is 1.04 bits per heavy atom. The summed E-state index contributed by atoms with van der Waals surface area (Å²) in [6.45, 7) is 2.25. The van der Waals surface area contributed by atoms with Crippen molar-refractivity contribution >= 4 is 28.5 Å². The number of halogens is 1. The lowest BCUT2D eigenvalue weighted by Crippen LogP contribution is -2.30. The van der Waals surface area contributed by atoms with Crippen molar-refractivity contribution in [1.82, 2.24) is 14.5 Å². The molecule has 3 aromatic rings. The molecule has 0 unspecified atom stereocenters. The number of para-hydroxylation sites is 2. The van der Waals surface area contributed by atoms with Crippen molar-refractivity contribution in [2.75, 3.05) is 13.1 Å². The van der Waals surface area contributed by atoms with Crippen LogP contribution >= 0.6 is 11.6 Å². The monoisotopic (exact) mass is 339 g/mol. The zero-order chi connectivity index (χ0) is 16.5. The van der Waals surface area contributed by atoms with Gasteiger partial charge in [-0.15, -0.1) is 0 Å². The number of carbonyl (C=O) groups excluding carboxylic acids is 1. The van der Waals surface area contributed by atoms with Gasteiger partial charge in [-0.2, -0.15) is 0 Å². The largest absolute Gasteiger partial charge is 0.336 e. The lowest BCUT2D eigenvalue weighted by Gasteiger charge is -2.16. The number of aromatic nitrogens is 2. The summed E-state index contributed by atoms with van der Waals surface area (Å²) >= 11 is 5.98. The van der Waals surface area contributed by atoms with E-state index < -0.39 is 0 Å². The lowest BCUT2D eigenvalue weighted by molar-refractivity contribution is 0.0777. The smallest absolute Gasteiger partial charge is 0.289 e. The molecule has 0 aliphatic carbocycles. The molecule has 122 valence electrons. The maximum Gasteiger partial charge on any atom is 0.289 e. The van der Waals surface area contributed by atoms with Gasteiger partial charge >= 0.3 is 0 Å². The fourth-order valence-corrected chi connectivity index (χ4v) is 3.36. The molecule has 0 N–H and O–H groups in total. The number of carbonyl (C=O) groups is 1. The van der Waals surface area contributed by atoms with Crippen LogP contribution in [0.1, 0.15) is 29.0 Å². The van der Waals surface area contributed by atoms with Gasteiger partial charge in [0.05, 0.1) is 11.0 Å². The highest BCUT2D eigenvalue weighted by Crippen LogP contribution is 2.21. The molecule has 1 amide bonds. The predicted molar refractivity (Wildman–Crippen MR) is 95.4 cm³/mol. The van der Waals surface area contributed by atoms with Crippen molar-refractivity contribution in [1.29, 1.82) is 0 Å². The Morgan fingerprint density at radius 2 is 1.75 bits per heavy atom. The van der Waals surface area contributed by atoms with E-state index in [1.165, 1.54) is 0 Å². The van der Waals surface area contributed by atoms with Gasteiger partial charge in [0.2, 0.25) is 5.82 Å². The van der Waals surface area contributed by atoms with Crippen LogP contribution in [0.15, 0.2) is 48.5 Å². The number of fused-ring (bicyclic) bond motifs is 1. The van der Waals surface area contributed by atoms with Crippen LogP contribution in [0.2, 0.25) is 5.02 Å². The van der Waals surface area contributed by atoms with E-state index in [1.807, 2.05) is 58.0 Å². The zero-order valence-electron chi connectivity index (χ0n) is 13.3. The first-order valence-electron chi connectivity index (χ1n) is 8.21. The van der Waals surface area contributed by atoms with Gasteiger partial charge in [-0.25, -0.2) is 4.98 Å². The number of nitrogens with zero attached hydrogens (tertiary/aromatic N) is 3. The molecule has 0 radical (unpaired) electrons. The average Bonchev–Trinajstić information content (AvgIpc) is 3.25. The number of benzene rings is 2. The van der Waals surface area contributed by atoms with Crippen molar-refractivity contribution < 1.29 is 4.79 Å². The molecular formula is C19H18ClN3O. The molecule has 1 aromatic heterocycles. The number of rotatable bonds is 3. The van der Waals surface area contributed by atoms with Gasteiger partial charge in [-0.3, -0.25) is 4.79 Å². The molecular weight excluding hydrogens is 322 g/mol. The van der Waals surface area contributed by atoms with E-state index in [2.05, 4.69) is 4.98 Å². The summed E-state index contributed by atoms with van der Waals surface area (Å²) in [6, 6.07) is 15.6. The van der Waals surface area contributed by atoms with Crippen LogP contribution in [-0.4, -0.2) is 33.4 Å². The minimum Gasteiger partial charge on any atom is -0.336 e. The fraction of sp³-hybridized carbons (Fsp3) is 0.263. The molecule has 1 saturated heterocycles. The Hall–Kier alpha value is -2.33. The molecule has 0 saturated carbocycles.